The molecule has 0 spiro atoms. The van der Waals surface area contributed by atoms with Crippen molar-refractivity contribution in [2.45, 2.75) is 18.8 Å². The van der Waals surface area contributed by atoms with E-state index in [0.29, 0.717) is 28.9 Å². The number of pyridine rings is 2. The summed E-state index contributed by atoms with van der Waals surface area (Å²) in [5.74, 6) is -3.38. The Balaban J connectivity index is 1.45. The summed E-state index contributed by atoms with van der Waals surface area (Å²) in [7, 11) is 0. The second-order valence-corrected chi connectivity index (χ2v) is 7.03. The van der Waals surface area contributed by atoms with Crippen LogP contribution < -0.4 is 0 Å². The lowest BCUT2D eigenvalue weighted by molar-refractivity contribution is -0.0561. The zero-order valence-corrected chi connectivity index (χ0v) is 15.1. The molecule has 5 rings (SSSR count). The van der Waals surface area contributed by atoms with Crippen LogP contribution in [-0.4, -0.2) is 60.0 Å². The quantitative estimate of drug-likeness (QED) is 0.560. The number of rotatable bonds is 2. The van der Waals surface area contributed by atoms with Gasteiger partial charge in [-0.1, -0.05) is 0 Å². The molecule has 0 aliphatic carbocycles. The SMILES string of the molecule is O=C(c1cc2ncc(-c3cnc4[nH]ncc4c3)nc2cn1)N1CCCC(F)(F)C1. The maximum Gasteiger partial charge on any atom is 0.272 e. The molecular formula is C19H15F2N7O. The second-order valence-electron chi connectivity index (χ2n) is 7.03. The Hall–Kier alpha value is -3.56. The molecule has 0 saturated carbocycles. The molecule has 1 amide bonds. The van der Waals surface area contributed by atoms with Crippen molar-refractivity contribution in [1.29, 1.82) is 0 Å². The molecule has 29 heavy (non-hydrogen) atoms. The summed E-state index contributed by atoms with van der Waals surface area (Å²) >= 11 is 0. The Morgan fingerprint density at radius 3 is 2.83 bits per heavy atom. The first-order valence-electron chi connectivity index (χ1n) is 9.08. The number of nitrogens with one attached hydrogen (secondary N) is 1. The lowest BCUT2D eigenvalue weighted by Crippen LogP contribution is -2.45. The predicted molar refractivity (Wildman–Crippen MR) is 100 cm³/mol. The summed E-state index contributed by atoms with van der Waals surface area (Å²) in [6.45, 7) is -0.290. The number of alkyl halides is 2. The van der Waals surface area contributed by atoms with Gasteiger partial charge in [-0.05, 0) is 18.6 Å². The molecule has 146 valence electrons. The van der Waals surface area contributed by atoms with Crippen molar-refractivity contribution in [2.24, 2.45) is 0 Å². The van der Waals surface area contributed by atoms with Crippen LogP contribution in [0.25, 0.3) is 33.3 Å². The van der Waals surface area contributed by atoms with Crippen molar-refractivity contribution in [3.63, 3.8) is 0 Å². The summed E-state index contributed by atoms with van der Waals surface area (Å²) in [6, 6.07) is 3.38. The largest absolute Gasteiger partial charge is 0.331 e. The number of carbonyl (C=O) groups excluding carboxylic acids is 1. The number of likely N-dealkylation sites (tertiary alicyclic amines) is 1. The minimum atomic E-state index is -2.86. The standard InChI is InChI=1S/C19H15F2N7O/c20-19(21)2-1-3-28(10-19)18(29)14-5-13-16(9-23-14)26-15(8-22-13)11-4-12-7-25-27-17(12)24-6-11/h4-9H,1-3,10H2,(H,24,25,27). The third-order valence-corrected chi connectivity index (χ3v) is 4.91. The summed E-state index contributed by atoms with van der Waals surface area (Å²) in [4.78, 5) is 31.1. The van der Waals surface area contributed by atoms with Gasteiger partial charge in [0, 0.05) is 30.1 Å². The lowest BCUT2D eigenvalue weighted by Gasteiger charge is -2.32. The molecule has 0 unspecified atom stereocenters. The van der Waals surface area contributed by atoms with E-state index in [9.17, 15) is 13.6 Å². The molecule has 10 heteroatoms. The Morgan fingerprint density at radius 2 is 1.97 bits per heavy atom. The van der Waals surface area contributed by atoms with Crippen molar-refractivity contribution in [2.75, 3.05) is 13.1 Å². The van der Waals surface area contributed by atoms with Crippen molar-refractivity contribution >= 4 is 28.0 Å². The van der Waals surface area contributed by atoms with Crippen molar-refractivity contribution in [3.8, 4) is 11.3 Å². The topological polar surface area (TPSA) is 101 Å². The van der Waals surface area contributed by atoms with E-state index >= 15 is 0 Å². The van der Waals surface area contributed by atoms with Gasteiger partial charge >= 0.3 is 0 Å². The fourth-order valence-electron chi connectivity index (χ4n) is 3.45. The second kappa shape index (κ2) is 6.50. The monoisotopic (exact) mass is 395 g/mol. The van der Waals surface area contributed by atoms with Crippen LogP contribution in [0, 0.1) is 0 Å². The van der Waals surface area contributed by atoms with E-state index in [4.69, 9.17) is 0 Å². The maximum atomic E-state index is 13.6. The number of fused-ring (bicyclic) bond motifs is 2. The molecule has 4 aromatic rings. The van der Waals surface area contributed by atoms with Gasteiger partial charge in [-0.15, -0.1) is 0 Å². The molecule has 8 nitrogen and oxygen atoms in total. The van der Waals surface area contributed by atoms with Crippen LogP contribution in [-0.2, 0) is 0 Å². The van der Waals surface area contributed by atoms with Gasteiger partial charge in [-0.3, -0.25) is 14.9 Å². The normalized spacial score (nSPS) is 16.4. The van der Waals surface area contributed by atoms with E-state index in [1.54, 1.807) is 18.6 Å². The Labute approximate surface area is 163 Å². The molecule has 1 aliphatic heterocycles. The molecule has 5 heterocycles. The lowest BCUT2D eigenvalue weighted by atomic mass is 10.1. The highest BCUT2D eigenvalue weighted by Crippen LogP contribution is 2.27. The number of amides is 1. The van der Waals surface area contributed by atoms with Crippen molar-refractivity contribution in [1.82, 2.24) is 35.0 Å². The first-order chi connectivity index (χ1) is 14.0. The average molecular weight is 395 g/mol. The third-order valence-electron chi connectivity index (χ3n) is 4.91. The number of hydrogen-bond donors (Lipinski definition) is 1. The Kier molecular flexibility index (Phi) is 3.93. The number of aromatic nitrogens is 6. The maximum absolute atomic E-state index is 13.6. The summed E-state index contributed by atoms with van der Waals surface area (Å²) in [5, 5.41) is 7.58. The summed E-state index contributed by atoms with van der Waals surface area (Å²) < 4.78 is 27.2. The van der Waals surface area contributed by atoms with Gasteiger partial charge in [-0.25, -0.2) is 23.7 Å². The van der Waals surface area contributed by atoms with E-state index < -0.39 is 18.4 Å². The molecule has 0 aromatic carbocycles. The van der Waals surface area contributed by atoms with Gasteiger partial charge in [0.25, 0.3) is 11.8 Å². The molecule has 1 N–H and O–H groups in total. The molecule has 0 bridgehead atoms. The van der Waals surface area contributed by atoms with E-state index in [1.807, 2.05) is 6.07 Å². The Bertz CT molecular complexity index is 1240. The van der Waals surface area contributed by atoms with Crippen LogP contribution in [0.1, 0.15) is 23.3 Å². The van der Waals surface area contributed by atoms with Crippen LogP contribution in [0.4, 0.5) is 8.78 Å². The minimum absolute atomic E-state index is 0.0822. The molecule has 4 aromatic heterocycles. The van der Waals surface area contributed by atoms with Gasteiger partial charge in [0.15, 0.2) is 5.65 Å². The number of carbonyl (C=O) groups is 1. The van der Waals surface area contributed by atoms with Crippen LogP contribution in [0.3, 0.4) is 0 Å². The minimum Gasteiger partial charge on any atom is -0.331 e. The average Bonchev–Trinajstić information content (AvgIpc) is 3.19. The van der Waals surface area contributed by atoms with E-state index in [2.05, 4.69) is 30.1 Å². The molecule has 0 radical (unpaired) electrons. The van der Waals surface area contributed by atoms with Crippen LogP contribution in [0.5, 0.6) is 0 Å². The van der Waals surface area contributed by atoms with Gasteiger partial charge < -0.3 is 4.90 Å². The predicted octanol–water partition coefficient (Wildman–Crippen LogP) is 2.83. The molecule has 1 aliphatic rings. The van der Waals surface area contributed by atoms with E-state index in [-0.39, 0.29) is 18.5 Å². The van der Waals surface area contributed by atoms with Crippen LogP contribution >= 0.6 is 0 Å². The van der Waals surface area contributed by atoms with Gasteiger partial charge in [0.05, 0.1) is 36.3 Å². The van der Waals surface area contributed by atoms with Crippen molar-refractivity contribution < 1.29 is 13.6 Å². The zero-order chi connectivity index (χ0) is 20.0. The fourth-order valence-corrected chi connectivity index (χ4v) is 3.45. The molecular weight excluding hydrogens is 380 g/mol. The Morgan fingerprint density at radius 1 is 1.07 bits per heavy atom. The number of nitrogens with zero attached hydrogens (tertiary/aromatic N) is 6. The number of halogens is 2. The van der Waals surface area contributed by atoms with Crippen LogP contribution in [0.2, 0.25) is 0 Å². The first-order valence-corrected chi connectivity index (χ1v) is 9.08. The number of hydrogen-bond acceptors (Lipinski definition) is 6. The zero-order valence-electron chi connectivity index (χ0n) is 15.1. The summed E-state index contributed by atoms with van der Waals surface area (Å²) in [6.07, 6.45) is 6.42. The highest BCUT2D eigenvalue weighted by Gasteiger charge is 2.37. The van der Waals surface area contributed by atoms with E-state index in [0.717, 1.165) is 15.8 Å². The summed E-state index contributed by atoms with van der Waals surface area (Å²) in [5.41, 5.74) is 3.09. The number of piperidine rings is 1. The molecule has 0 atom stereocenters. The van der Waals surface area contributed by atoms with Gasteiger partial charge in [0.2, 0.25) is 0 Å². The highest BCUT2D eigenvalue weighted by molar-refractivity contribution is 5.95. The third kappa shape index (κ3) is 3.26. The molecule has 1 fully saturated rings. The van der Waals surface area contributed by atoms with Crippen molar-refractivity contribution in [3.05, 3.63) is 42.6 Å². The first kappa shape index (κ1) is 17.5. The highest BCUT2D eigenvalue weighted by atomic mass is 19.3. The molecule has 1 saturated heterocycles. The fraction of sp³-hybridized carbons (Fsp3) is 0.263. The van der Waals surface area contributed by atoms with E-state index in [1.165, 1.54) is 12.3 Å². The smallest absolute Gasteiger partial charge is 0.272 e. The van der Waals surface area contributed by atoms with Gasteiger partial charge in [-0.2, -0.15) is 5.10 Å². The number of aromatic amines is 1. The van der Waals surface area contributed by atoms with Gasteiger partial charge in [0.1, 0.15) is 11.2 Å². The number of H-pyrrole nitrogens is 1. The van der Waals surface area contributed by atoms with Crippen LogP contribution in [0.15, 0.2) is 36.9 Å².